The summed E-state index contributed by atoms with van der Waals surface area (Å²) in [7, 11) is 0. The monoisotopic (exact) mass is 370 g/mol. The first kappa shape index (κ1) is 15.2. The second-order valence-electron chi connectivity index (χ2n) is 3.86. The molecule has 0 radical (unpaired) electrons. The third-order valence-electron chi connectivity index (χ3n) is 2.53. The van der Waals surface area contributed by atoms with Crippen molar-refractivity contribution in [2.45, 2.75) is 12.3 Å². The molecule has 0 amide bonds. The van der Waals surface area contributed by atoms with Gasteiger partial charge in [0.25, 0.3) is 0 Å². The van der Waals surface area contributed by atoms with Crippen LogP contribution in [0, 0.1) is 0 Å². The first-order chi connectivity index (χ1) is 9.32. The number of benzene rings is 1. The molecule has 20 heavy (non-hydrogen) atoms. The zero-order chi connectivity index (χ0) is 14.9. The lowest BCUT2D eigenvalue weighted by Crippen LogP contribution is -2.40. The number of hydrogen-bond acceptors (Lipinski definition) is 3. The fourth-order valence-corrected chi connectivity index (χ4v) is 2.10. The molecule has 1 aliphatic heterocycles. The Balaban J connectivity index is 2.48. The maximum Gasteiger partial charge on any atom is 0.430 e. The Kier molecular flexibility index (Phi) is 4.29. The SMILES string of the molecule is O=C(OCBr)C1=Cc2cc(Cl)ccc2OC1C(F)(F)F. The zero-order valence-electron chi connectivity index (χ0n) is 9.71. The molecule has 0 saturated heterocycles. The van der Waals surface area contributed by atoms with E-state index >= 15 is 0 Å². The molecular weight excluding hydrogens is 364 g/mol. The fourth-order valence-electron chi connectivity index (χ4n) is 1.72. The van der Waals surface area contributed by atoms with Gasteiger partial charge < -0.3 is 9.47 Å². The van der Waals surface area contributed by atoms with Gasteiger partial charge in [-0.2, -0.15) is 13.2 Å². The van der Waals surface area contributed by atoms with E-state index in [1.165, 1.54) is 18.2 Å². The first-order valence-corrected chi connectivity index (χ1v) is 6.80. The summed E-state index contributed by atoms with van der Waals surface area (Å²) in [6, 6.07) is 4.13. The van der Waals surface area contributed by atoms with Crippen LogP contribution < -0.4 is 4.74 Å². The van der Waals surface area contributed by atoms with Crippen LogP contribution >= 0.6 is 27.5 Å². The van der Waals surface area contributed by atoms with Gasteiger partial charge in [-0.05, 0) is 40.2 Å². The van der Waals surface area contributed by atoms with Crippen LogP contribution in [0.4, 0.5) is 13.2 Å². The van der Waals surface area contributed by atoms with Crippen molar-refractivity contribution in [3.05, 3.63) is 34.4 Å². The maximum absolute atomic E-state index is 13.0. The van der Waals surface area contributed by atoms with Gasteiger partial charge in [0.15, 0.2) is 0 Å². The minimum Gasteiger partial charge on any atom is -0.475 e. The molecule has 1 heterocycles. The number of ether oxygens (including phenoxy) is 2. The molecule has 0 aromatic heterocycles. The van der Waals surface area contributed by atoms with Gasteiger partial charge in [0.1, 0.15) is 11.3 Å². The van der Waals surface area contributed by atoms with Crippen molar-refractivity contribution in [1.82, 2.24) is 0 Å². The topological polar surface area (TPSA) is 35.5 Å². The standard InChI is InChI=1S/C12H7BrClF3O3/c13-5-19-11(18)8-4-6-3-7(14)1-2-9(6)20-10(8)12(15,16)17/h1-4,10H,5H2. The average Bonchev–Trinajstić information content (AvgIpc) is 2.36. The van der Waals surface area contributed by atoms with Gasteiger partial charge >= 0.3 is 12.1 Å². The van der Waals surface area contributed by atoms with Crippen molar-refractivity contribution < 1.29 is 27.4 Å². The van der Waals surface area contributed by atoms with Gasteiger partial charge in [-0.3, -0.25) is 0 Å². The second-order valence-corrected chi connectivity index (χ2v) is 4.76. The molecule has 1 aromatic rings. The lowest BCUT2D eigenvalue weighted by molar-refractivity contribution is -0.187. The Bertz CT molecular complexity index is 572. The van der Waals surface area contributed by atoms with Crippen LogP contribution in [0.25, 0.3) is 6.08 Å². The van der Waals surface area contributed by atoms with Crippen molar-refractivity contribution in [3.8, 4) is 5.75 Å². The van der Waals surface area contributed by atoms with Gasteiger partial charge in [0, 0.05) is 10.6 Å². The van der Waals surface area contributed by atoms with Crippen molar-refractivity contribution >= 4 is 39.6 Å². The molecule has 1 aliphatic rings. The molecule has 1 aromatic carbocycles. The summed E-state index contributed by atoms with van der Waals surface area (Å²) in [6.45, 7) is 0. The highest BCUT2D eigenvalue weighted by atomic mass is 79.9. The number of alkyl halides is 4. The van der Waals surface area contributed by atoms with Crippen LogP contribution in [-0.4, -0.2) is 23.8 Å². The largest absolute Gasteiger partial charge is 0.475 e. The predicted octanol–water partition coefficient (Wildman–Crippen LogP) is 3.94. The number of halogens is 5. The van der Waals surface area contributed by atoms with Crippen molar-refractivity contribution in [3.63, 3.8) is 0 Å². The van der Waals surface area contributed by atoms with E-state index in [4.69, 9.17) is 16.3 Å². The molecule has 1 atom stereocenters. The Morgan fingerprint density at radius 1 is 1.45 bits per heavy atom. The molecule has 0 fully saturated rings. The van der Waals surface area contributed by atoms with E-state index in [-0.39, 0.29) is 11.3 Å². The van der Waals surface area contributed by atoms with E-state index < -0.39 is 23.8 Å². The molecule has 108 valence electrons. The summed E-state index contributed by atoms with van der Waals surface area (Å²) < 4.78 is 48.3. The van der Waals surface area contributed by atoms with Crippen LogP contribution in [0.1, 0.15) is 5.56 Å². The summed E-state index contributed by atoms with van der Waals surface area (Å²) in [4.78, 5) is 11.6. The van der Waals surface area contributed by atoms with Gasteiger partial charge in [-0.15, -0.1) is 0 Å². The Hall–Kier alpha value is -1.21. The van der Waals surface area contributed by atoms with Crippen LogP contribution in [0.3, 0.4) is 0 Å². The lowest BCUT2D eigenvalue weighted by Gasteiger charge is -2.27. The number of hydrogen-bond donors (Lipinski definition) is 0. The summed E-state index contributed by atoms with van der Waals surface area (Å²) in [5.74, 6) is -1.10. The minimum absolute atomic E-state index is 0.00659. The number of esters is 1. The van der Waals surface area contributed by atoms with Gasteiger partial charge in [-0.25, -0.2) is 4.79 Å². The molecular formula is C12H7BrClF3O3. The second kappa shape index (κ2) is 5.65. The smallest absolute Gasteiger partial charge is 0.430 e. The molecule has 1 unspecified atom stereocenters. The van der Waals surface area contributed by atoms with Crippen LogP contribution in [-0.2, 0) is 9.53 Å². The third-order valence-corrected chi connectivity index (χ3v) is 2.99. The molecule has 8 heteroatoms. The molecule has 0 spiro atoms. The van der Waals surface area contributed by atoms with Crippen molar-refractivity contribution in [1.29, 1.82) is 0 Å². The van der Waals surface area contributed by atoms with E-state index in [0.717, 1.165) is 6.08 Å². The van der Waals surface area contributed by atoms with E-state index in [2.05, 4.69) is 20.7 Å². The molecule has 2 rings (SSSR count). The summed E-state index contributed by atoms with van der Waals surface area (Å²) in [5.41, 5.74) is -0.540. The van der Waals surface area contributed by atoms with Gasteiger partial charge in [-0.1, -0.05) is 11.6 Å². The number of carbonyl (C=O) groups excluding carboxylic acids is 1. The van der Waals surface area contributed by atoms with Crippen molar-refractivity contribution in [2.75, 3.05) is 5.52 Å². The Morgan fingerprint density at radius 3 is 2.75 bits per heavy atom. The van der Waals surface area contributed by atoms with Gasteiger partial charge in [0.2, 0.25) is 6.10 Å². The Labute approximate surface area is 125 Å². The van der Waals surface area contributed by atoms with Crippen LogP contribution in [0.15, 0.2) is 23.8 Å². The van der Waals surface area contributed by atoms with Gasteiger partial charge in [0.05, 0.1) is 5.57 Å². The lowest BCUT2D eigenvalue weighted by atomic mass is 10.0. The highest BCUT2D eigenvalue weighted by Crippen LogP contribution is 2.38. The molecule has 0 saturated carbocycles. The molecule has 0 N–H and O–H groups in total. The molecule has 3 nitrogen and oxygen atoms in total. The number of carbonyl (C=O) groups is 1. The molecule has 0 bridgehead atoms. The predicted molar refractivity (Wildman–Crippen MR) is 69.8 cm³/mol. The van der Waals surface area contributed by atoms with E-state index in [1.807, 2.05) is 0 Å². The molecule has 0 aliphatic carbocycles. The van der Waals surface area contributed by atoms with Crippen LogP contribution in [0.5, 0.6) is 5.75 Å². The fraction of sp³-hybridized carbons (Fsp3) is 0.250. The highest BCUT2D eigenvalue weighted by molar-refractivity contribution is 9.09. The average molecular weight is 372 g/mol. The zero-order valence-corrected chi connectivity index (χ0v) is 12.1. The van der Waals surface area contributed by atoms with E-state index in [1.54, 1.807) is 0 Å². The quantitative estimate of drug-likeness (QED) is 0.583. The van der Waals surface area contributed by atoms with Crippen LogP contribution in [0.2, 0.25) is 5.02 Å². The van der Waals surface area contributed by atoms with E-state index in [0.29, 0.717) is 10.6 Å². The summed E-state index contributed by atoms with van der Waals surface area (Å²) in [5, 5.41) is 0.322. The number of rotatable bonds is 2. The third kappa shape index (κ3) is 3.09. The Morgan fingerprint density at radius 2 is 2.15 bits per heavy atom. The summed E-state index contributed by atoms with van der Waals surface area (Å²) >= 11 is 8.58. The highest BCUT2D eigenvalue weighted by Gasteiger charge is 2.48. The summed E-state index contributed by atoms with van der Waals surface area (Å²) in [6.07, 6.45) is -6.01. The maximum atomic E-state index is 13.0. The number of fused-ring (bicyclic) bond motifs is 1. The minimum atomic E-state index is -4.73. The first-order valence-electron chi connectivity index (χ1n) is 5.30. The normalized spacial score (nSPS) is 17.9. The van der Waals surface area contributed by atoms with E-state index in [9.17, 15) is 18.0 Å². The van der Waals surface area contributed by atoms with Crippen molar-refractivity contribution in [2.24, 2.45) is 0 Å².